The first-order valence-electron chi connectivity index (χ1n) is 9.18. The molecule has 3 nitrogen and oxygen atoms in total. The van der Waals surface area contributed by atoms with Gasteiger partial charge in [-0.1, -0.05) is 48.0 Å². The number of hydrogen-bond donors (Lipinski definition) is 1. The molecule has 0 saturated carbocycles. The number of hydrogen-bond acceptors (Lipinski definition) is 2. The molecule has 0 aromatic heterocycles. The van der Waals surface area contributed by atoms with E-state index in [-0.39, 0.29) is 5.97 Å². The lowest BCUT2D eigenvalue weighted by molar-refractivity contribution is -0.665. The number of ether oxygens (including phenoxy) is 1. The van der Waals surface area contributed by atoms with E-state index in [2.05, 4.69) is 50.4 Å². The third-order valence-electron chi connectivity index (χ3n) is 5.29. The van der Waals surface area contributed by atoms with Gasteiger partial charge in [-0.25, -0.2) is 4.79 Å². The Morgan fingerprint density at radius 3 is 2.36 bits per heavy atom. The Balaban J connectivity index is 1.84. The first-order chi connectivity index (χ1) is 12.0. The van der Waals surface area contributed by atoms with Gasteiger partial charge in [-0.2, -0.15) is 0 Å². The summed E-state index contributed by atoms with van der Waals surface area (Å²) in [5.41, 5.74) is 3.38. The Labute approximate surface area is 150 Å². The van der Waals surface area contributed by atoms with Crippen molar-refractivity contribution in [2.24, 2.45) is 5.92 Å². The topological polar surface area (TPSA) is 42.9 Å². The van der Waals surface area contributed by atoms with E-state index in [9.17, 15) is 4.79 Å². The summed E-state index contributed by atoms with van der Waals surface area (Å²) in [6, 6.07) is 16.0. The predicted octanol–water partition coefficient (Wildman–Crippen LogP) is 3.57. The van der Waals surface area contributed by atoms with Gasteiger partial charge in [-0.3, -0.25) is 0 Å². The zero-order valence-electron chi connectivity index (χ0n) is 15.4. The Morgan fingerprint density at radius 2 is 1.68 bits per heavy atom. The Kier molecular flexibility index (Phi) is 5.24. The van der Waals surface area contributed by atoms with E-state index < -0.39 is 5.60 Å². The quantitative estimate of drug-likeness (QED) is 0.866. The maximum absolute atomic E-state index is 12.9. The van der Waals surface area contributed by atoms with E-state index in [0.717, 1.165) is 37.1 Å². The van der Waals surface area contributed by atoms with Crippen molar-refractivity contribution in [2.75, 3.05) is 13.1 Å². The fourth-order valence-electron chi connectivity index (χ4n) is 3.65. The number of rotatable bonds is 4. The Morgan fingerprint density at radius 1 is 1.04 bits per heavy atom. The molecule has 0 radical (unpaired) electrons. The van der Waals surface area contributed by atoms with Gasteiger partial charge in [0, 0.05) is 18.8 Å². The lowest BCUT2D eigenvalue weighted by atomic mass is 9.83. The molecule has 0 unspecified atom stereocenters. The fourth-order valence-corrected chi connectivity index (χ4v) is 3.65. The van der Waals surface area contributed by atoms with E-state index in [1.807, 2.05) is 24.3 Å². The van der Waals surface area contributed by atoms with E-state index >= 15 is 0 Å². The van der Waals surface area contributed by atoms with E-state index in [1.165, 1.54) is 5.56 Å². The molecule has 3 rings (SSSR count). The van der Waals surface area contributed by atoms with E-state index in [0.29, 0.717) is 11.5 Å². The SMILES string of the molecule is Cc1ccc(-c2ccccc2C(=O)OC(C)(C)C2CC[NH2+]CC2)cc1. The van der Waals surface area contributed by atoms with Crippen LogP contribution in [0.25, 0.3) is 11.1 Å². The zero-order chi connectivity index (χ0) is 17.9. The number of quaternary nitrogens is 1. The van der Waals surface area contributed by atoms with Crippen LogP contribution in [0.3, 0.4) is 0 Å². The molecule has 1 fully saturated rings. The molecule has 1 aliphatic rings. The van der Waals surface area contributed by atoms with Crippen LogP contribution in [-0.2, 0) is 4.74 Å². The molecule has 1 aliphatic heterocycles. The van der Waals surface area contributed by atoms with Crippen LogP contribution in [0.15, 0.2) is 48.5 Å². The number of nitrogens with two attached hydrogens (primary N) is 1. The van der Waals surface area contributed by atoms with E-state index in [1.54, 1.807) is 0 Å². The Hall–Kier alpha value is -2.13. The van der Waals surface area contributed by atoms with Crippen LogP contribution in [0.5, 0.6) is 0 Å². The summed E-state index contributed by atoms with van der Waals surface area (Å²) in [4.78, 5) is 12.9. The molecule has 1 heterocycles. The van der Waals surface area contributed by atoms with Crippen LogP contribution >= 0.6 is 0 Å². The van der Waals surface area contributed by atoms with Gasteiger partial charge < -0.3 is 10.1 Å². The molecule has 132 valence electrons. The molecule has 0 aliphatic carbocycles. The van der Waals surface area contributed by atoms with Crippen LogP contribution < -0.4 is 5.32 Å². The third-order valence-corrected chi connectivity index (χ3v) is 5.29. The lowest BCUT2D eigenvalue weighted by Crippen LogP contribution is -2.86. The molecule has 1 saturated heterocycles. The van der Waals surface area contributed by atoms with Gasteiger partial charge in [-0.15, -0.1) is 0 Å². The molecular formula is C22H28NO2+. The summed E-state index contributed by atoms with van der Waals surface area (Å²) in [5.74, 6) is 0.198. The van der Waals surface area contributed by atoms with Crippen molar-refractivity contribution in [3.05, 3.63) is 59.7 Å². The highest BCUT2D eigenvalue weighted by Crippen LogP contribution is 2.31. The number of piperidine rings is 1. The summed E-state index contributed by atoms with van der Waals surface area (Å²) in [6.45, 7) is 8.40. The maximum atomic E-state index is 12.9. The summed E-state index contributed by atoms with van der Waals surface area (Å²) < 4.78 is 6.00. The summed E-state index contributed by atoms with van der Waals surface area (Å²) >= 11 is 0. The normalized spacial score (nSPS) is 15.8. The number of carbonyl (C=O) groups is 1. The first-order valence-corrected chi connectivity index (χ1v) is 9.18. The zero-order valence-corrected chi connectivity index (χ0v) is 15.4. The van der Waals surface area contributed by atoms with Gasteiger partial charge in [-0.05, 0) is 38.0 Å². The van der Waals surface area contributed by atoms with Gasteiger partial charge in [0.05, 0.1) is 18.7 Å². The average Bonchev–Trinajstić information content (AvgIpc) is 2.63. The molecule has 2 aromatic carbocycles. The van der Waals surface area contributed by atoms with Crippen molar-refractivity contribution >= 4 is 5.97 Å². The van der Waals surface area contributed by atoms with Crippen molar-refractivity contribution in [2.45, 2.75) is 39.2 Å². The van der Waals surface area contributed by atoms with E-state index in [4.69, 9.17) is 4.74 Å². The van der Waals surface area contributed by atoms with Crippen molar-refractivity contribution in [1.82, 2.24) is 0 Å². The van der Waals surface area contributed by atoms with Crippen LogP contribution in [-0.4, -0.2) is 24.7 Å². The van der Waals surface area contributed by atoms with Gasteiger partial charge in [0.25, 0.3) is 0 Å². The molecule has 2 aromatic rings. The second kappa shape index (κ2) is 7.40. The average molecular weight is 338 g/mol. The minimum absolute atomic E-state index is 0.226. The molecule has 2 N–H and O–H groups in total. The van der Waals surface area contributed by atoms with Crippen LogP contribution in [0.1, 0.15) is 42.6 Å². The van der Waals surface area contributed by atoms with Crippen LogP contribution in [0.2, 0.25) is 0 Å². The number of aryl methyl sites for hydroxylation is 1. The van der Waals surface area contributed by atoms with Crippen molar-refractivity contribution < 1.29 is 14.8 Å². The number of benzene rings is 2. The summed E-state index contributed by atoms with van der Waals surface area (Å²) in [6.07, 6.45) is 2.19. The molecule has 0 atom stereocenters. The fraction of sp³-hybridized carbons (Fsp3) is 0.409. The summed E-state index contributed by atoms with van der Waals surface area (Å²) in [5, 5.41) is 2.33. The first kappa shape index (κ1) is 17.7. The minimum atomic E-state index is -0.439. The highest BCUT2D eigenvalue weighted by atomic mass is 16.6. The van der Waals surface area contributed by atoms with Crippen LogP contribution in [0.4, 0.5) is 0 Å². The van der Waals surface area contributed by atoms with Gasteiger partial charge in [0.2, 0.25) is 0 Å². The summed E-state index contributed by atoms with van der Waals surface area (Å²) in [7, 11) is 0. The second-order valence-corrected chi connectivity index (χ2v) is 7.54. The molecule has 0 bridgehead atoms. The highest BCUT2D eigenvalue weighted by Gasteiger charge is 2.35. The largest absolute Gasteiger partial charge is 0.456 e. The number of esters is 1. The van der Waals surface area contributed by atoms with Crippen LogP contribution in [0, 0.1) is 12.8 Å². The van der Waals surface area contributed by atoms with Crippen molar-refractivity contribution in [3.63, 3.8) is 0 Å². The van der Waals surface area contributed by atoms with Crippen molar-refractivity contribution in [1.29, 1.82) is 0 Å². The van der Waals surface area contributed by atoms with Gasteiger partial charge in [0.1, 0.15) is 5.60 Å². The van der Waals surface area contributed by atoms with Gasteiger partial charge in [0.15, 0.2) is 0 Å². The molecule has 0 spiro atoms. The number of carbonyl (C=O) groups excluding carboxylic acids is 1. The molecule has 25 heavy (non-hydrogen) atoms. The minimum Gasteiger partial charge on any atom is -0.456 e. The monoisotopic (exact) mass is 338 g/mol. The van der Waals surface area contributed by atoms with Crippen molar-refractivity contribution in [3.8, 4) is 11.1 Å². The maximum Gasteiger partial charge on any atom is 0.339 e. The molecular weight excluding hydrogens is 310 g/mol. The second-order valence-electron chi connectivity index (χ2n) is 7.54. The third kappa shape index (κ3) is 4.10. The highest BCUT2D eigenvalue weighted by molar-refractivity contribution is 5.97. The molecule has 3 heteroatoms. The lowest BCUT2D eigenvalue weighted by Gasteiger charge is -2.35. The van der Waals surface area contributed by atoms with Gasteiger partial charge >= 0.3 is 5.97 Å². The standard InChI is InChI=1S/C22H27NO2/c1-16-8-10-17(11-9-16)19-6-4-5-7-20(19)21(24)25-22(2,3)18-12-14-23-15-13-18/h4-11,18,23H,12-15H2,1-3H3/p+1. The molecule has 0 amide bonds. The Bertz CT molecular complexity index is 728. The predicted molar refractivity (Wildman–Crippen MR) is 100 cm³/mol. The smallest absolute Gasteiger partial charge is 0.339 e.